The monoisotopic (exact) mass is 255 g/mol. The van der Waals surface area contributed by atoms with Gasteiger partial charge in [-0.15, -0.1) is 0 Å². The second-order valence-corrected chi connectivity index (χ2v) is 4.59. The van der Waals surface area contributed by atoms with Gasteiger partial charge in [-0.3, -0.25) is 0 Å². The number of benzene rings is 1. The molecule has 1 aliphatic heterocycles. The summed E-state index contributed by atoms with van der Waals surface area (Å²) in [6, 6.07) is 10.1. The number of aromatic nitrogens is 2. The molecule has 0 saturated heterocycles. The SMILES string of the molecule is C1=COC(CNc2cccc(-n3cccn3)c2)CC1. The van der Waals surface area contributed by atoms with Crippen molar-refractivity contribution in [2.24, 2.45) is 0 Å². The van der Waals surface area contributed by atoms with Crippen LogP contribution < -0.4 is 5.32 Å². The molecule has 0 saturated carbocycles. The van der Waals surface area contributed by atoms with E-state index in [0.29, 0.717) is 0 Å². The van der Waals surface area contributed by atoms with E-state index < -0.39 is 0 Å². The molecule has 0 fully saturated rings. The molecule has 0 radical (unpaired) electrons. The summed E-state index contributed by atoms with van der Waals surface area (Å²) in [5.74, 6) is 0. The first-order valence-corrected chi connectivity index (χ1v) is 6.56. The smallest absolute Gasteiger partial charge is 0.115 e. The van der Waals surface area contributed by atoms with Gasteiger partial charge in [0, 0.05) is 18.1 Å². The highest BCUT2D eigenvalue weighted by molar-refractivity contribution is 5.50. The fraction of sp³-hybridized carbons (Fsp3) is 0.267. The Labute approximate surface area is 112 Å². The van der Waals surface area contributed by atoms with E-state index in [-0.39, 0.29) is 6.10 Å². The molecule has 0 aliphatic carbocycles. The standard InChI is InChI=1S/C15H17N3O/c1-2-10-19-15(7-1)12-16-13-5-3-6-14(11-13)18-9-4-8-17-18/h2-6,8-11,15-16H,1,7,12H2. The minimum atomic E-state index is 0.262. The van der Waals surface area contributed by atoms with Gasteiger partial charge in [-0.05, 0) is 43.2 Å². The Morgan fingerprint density at radius 1 is 1.37 bits per heavy atom. The Kier molecular flexibility index (Phi) is 3.49. The predicted molar refractivity (Wildman–Crippen MR) is 75.3 cm³/mol. The normalized spacial score (nSPS) is 18.0. The number of ether oxygens (including phenoxy) is 1. The third-order valence-corrected chi connectivity index (χ3v) is 3.17. The molecule has 0 amide bonds. The molecular formula is C15H17N3O. The van der Waals surface area contributed by atoms with Crippen molar-refractivity contribution in [3.05, 3.63) is 55.1 Å². The summed E-state index contributed by atoms with van der Waals surface area (Å²) in [4.78, 5) is 0. The number of nitrogens with zero attached hydrogens (tertiary/aromatic N) is 2. The first-order chi connectivity index (χ1) is 9.42. The van der Waals surface area contributed by atoms with Crippen LogP contribution in [0.3, 0.4) is 0 Å². The van der Waals surface area contributed by atoms with Gasteiger partial charge in [0.05, 0.1) is 18.5 Å². The Morgan fingerprint density at radius 2 is 2.37 bits per heavy atom. The lowest BCUT2D eigenvalue weighted by atomic mass is 10.1. The third kappa shape index (κ3) is 2.96. The molecule has 4 heteroatoms. The molecule has 1 unspecified atom stereocenters. The lowest BCUT2D eigenvalue weighted by Crippen LogP contribution is -2.22. The van der Waals surface area contributed by atoms with Crippen molar-refractivity contribution in [3.63, 3.8) is 0 Å². The number of nitrogens with one attached hydrogen (secondary N) is 1. The minimum absolute atomic E-state index is 0.262. The summed E-state index contributed by atoms with van der Waals surface area (Å²) < 4.78 is 7.39. The van der Waals surface area contributed by atoms with Crippen LogP contribution in [0.4, 0.5) is 5.69 Å². The lowest BCUT2D eigenvalue weighted by molar-refractivity contribution is 0.135. The molecule has 3 rings (SSSR count). The zero-order valence-electron chi connectivity index (χ0n) is 10.7. The maximum Gasteiger partial charge on any atom is 0.115 e. The maximum atomic E-state index is 5.54. The Hall–Kier alpha value is -2.23. The lowest BCUT2D eigenvalue weighted by Gasteiger charge is -2.20. The van der Waals surface area contributed by atoms with E-state index in [4.69, 9.17) is 4.74 Å². The van der Waals surface area contributed by atoms with Gasteiger partial charge in [-0.1, -0.05) is 6.07 Å². The molecule has 2 aromatic rings. The highest BCUT2D eigenvalue weighted by Gasteiger charge is 2.10. The van der Waals surface area contributed by atoms with Crippen LogP contribution in [-0.4, -0.2) is 22.4 Å². The molecule has 19 heavy (non-hydrogen) atoms. The Morgan fingerprint density at radius 3 is 3.16 bits per heavy atom. The van der Waals surface area contributed by atoms with Gasteiger partial charge in [0.15, 0.2) is 0 Å². The number of hydrogen-bond donors (Lipinski definition) is 1. The van der Waals surface area contributed by atoms with Crippen LogP contribution in [0.1, 0.15) is 12.8 Å². The third-order valence-electron chi connectivity index (χ3n) is 3.17. The summed E-state index contributed by atoms with van der Waals surface area (Å²) in [6.07, 6.45) is 10.0. The summed E-state index contributed by atoms with van der Waals surface area (Å²) in [5.41, 5.74) is 2.14. The fourth-order valence-corrected chi connectivity index (χ4v) is 2.15. The zero-order valence-corrected chi connectivity index (χ0v) is 10.7. The Balaban J connectivity index is 1.65. The van der Waals surface area contributed by atoms with Crippen molar-refractivity contribution in [3.8, 4) is 5.69 Å². The average Bonchev–Trinajstić information content (AvgIpc) is 3.01. The highest BCUT2D eigenvalue weighted by atomic mass is 16.5. The van der Waals surface area contributed by atoms with Crippen LogP contribution in [0.15, 0.2) is 55.1 Å². The van der Waals surface area contributed by atoms with E-state index in [1.54, 1.807) is 12.5 Å². The van der Waals surface area contributed by atoms with Crippen molar-refractivity contribution in [1.82, 2.24) is 9.78 Å². The molecule has 1 N–H and O–H groups in total. The molecule has 2 heterocycles. The molecule has 1 aromatic carbocycles. The topological polar surface area (TPSA) is 39.1 Å². The molecule has 1 atom stereocenters. The van der Waals surface area contributed by atoms with Gasteiger partial charge in [0.2, 0.25) is 0 Å². The van der Waals surface area contributed by atoms with Crippen molar-refractivity contribution in [2.45, 2.75) is 18.9 Å². The molecule has 4 nitrogen and oxygen atoms in total. The van der Waals surface area contributed by atoms with Gasteiger partial charge in [0.25, 0.3) is 0 Å². The van der Waals surface area contributed by atoms with Crippen LogP contribution in [0.2, 0.25) is 0 Å². The van der Waals surface area contributed by atoms with E-state index in [1.165, 1.54) is 0 Å². The van der Waals surface area contributed by atoms with Gasteiger partial charge >= 0.3 is 0 Å². The molecular weight excluding hydrogens is 238 g/mol. The van der Waals surface area contributed by atoms with Crippen LogP contribution in [-0.2, 0) is 4.74 Å². The quantitative estimate of drug-likeness (QED) is 0.913. The summed E-state index contributed by atoms with van der Waals surface area (Å²) in [6.45, 7) is 0.826. The first kappa shape index (κ1) is 11.8. The van der Waals surface area contributed by atoms with E-state index >= 15 is 0 Å². The van der Waals surface area contributed by atoms with Gasteiger partial charge < -0.3 is 10.1 Å². The van der Waals surface area contributed by atoms with Crippen molar-refractivity contribution >= 4 is 5.69 Å². The van der Waals surface area contributed by atoms with Crippen LogP contribution in [0.25, 0.3) is 5.69 Å². The van der Waals surface area contributed by atoms with Crippen molar-refractivity contribution < 1.29 is 4.74 Å². The second-order valence-electron chi connectivity index (χ2n) is 4.59. The molecule has 0 spiro atoms. The molecule has 0 bridgehead atoms. The second kappa shape index (κ2) is 5.61. The number of rotatable bonds is 4. The van der Waals surface area contributed by atoms with Crippen molar-refractivity contribution in [2.75, 3.05) is 11.9 Å². The zero-order chi connectivity index (χ0) is 12.9. The van der Waals surface area contributed by atoms with Crippen LogP contribution in [0, 0.1) is 0 Å². The van der Waals surface area contributed by atoms with Gasteiger partial charge in [-0.25, -0.2) is 4.68 Å². The summed E-state index contributed by atoms with van der Waals surface area (Å²) >= 11 is 0. The van der Waals surface area contributed by atoms with Gasteiger partial charge in [-0.2, -0.15) is 5.10 Å². The fourth-order valence-electron chi connectivity index (χ4n) is 2.15. The Bertz CT molecular complexity index is 548. The number of hydrogen-bond acceptors (Lipinski definition) is 3. The number of allylic oxidation sites excluding steroid dienone is 1. The number of anilines is 1. The largest absolute Gasteiger partial charge is 0.497 e. The summed E-state index contributed by atoms with van der Waals surface area (Å²) in [5, 5.41) is 7.65. The minimum Gasteiger partial charge on any atom is -0.497 e. The summed E-state index contributed by atoms with van der Waals surface area (Å²) in [7, 11) is 0. The van der Waals surface area contributed by atoms with Gasteiger partial charge in [0.1, 0.15) is 6.10 Å². The van der Waals surface area contributed by atoms with E-state index in [1.807, 2.05) is 29.1 Å². The van der Waals surface area contributed by atoms with E-state index in [2.05, 4.69) is 28.6 Å². The van der Waals surface area contributed by atoms with Crippen LogP contribution in [0.5, 0.6) is 0 Å². The molecule has 1 aliphatic rings. The molecule has 1 aromatic heterocycles. The maximum absolute atomic E-state index is 5.54. The van der Waals surface area contributed by atoms with E-state index in [0.717, 1.165) is 30.8 Å². The average molecular weight is 255 g/mol. The van der Waals surface area contributed by atoms with Crippen LogP contribution >= 0.6 is 0 Å². The van der Waals surface area contributed by atoms with Crippen molar-refractivity contribution in [1.29, 1.82) is 0 Å². The predicted octanol–water partition coefficient (Wildman–Crippen LogP) is 2.98. The first-order valence-electron chi connectivity index (χ1n) is 6.56. The highest BCUT2D eigenvalue weighted by Crippen LogP contribution is 2.16. The van der Waals surface area contributed by atoms with E-state index in [9.17, 15) is 0 Å². The molecule has 98 valence electrons.